The number of benzene rings is 2. The van der Waals surface area contributed by atoms with Gasteiger partial charge in [-0.1, -0.05) is 23.2 Å². The molecule has 0 radical (unpaired) electrons. The zero-order valence-electron chi connectivity index (χ0n) is 15.9. The number of rotatable bonds is 8. The van der Waals surface area contributed by atoms with Crippen LogP contribution in [0.2, 0.25) is 10.0 Å². The average molecular weight is 440 g/mol. The number of hydrazone groups is 1. The Morgan fingerprint density at radius 3 is 2.34 bits per heavy atom. The van der Waals surface area contributed by atoms with Crippen LogP contribution in [0.3, 0.4) is 0 Å². The van der Waals surface area contributed by atoms with Crippen molar-refractivity contribution in [2.75, 3.05) is 27.9 Å². The molecule has 0 saturated heterocycles. The van der Waals surface area contributed by atoms with E-state index in [0.29, 0.717) is 27.8 Å². The Labute approximate surface area is 177 Å². The zero-order chi connectivity index (χ0) is 21.4. The SMILES string of the molecule is COc1ccc(C=NNC(=O)CNC(=O)c2ccc(Cl)c(Cl)c2)c(OC)c1OC. The van der Waals surface area contributed by atoms with Crippen LogP contribution in [0, 0.1) is 0 Å². The summed E-state index contributed by atoms with van der Waals surface area (Å²) in [4.78, 5) is 24.0. The summed E-state index contributed by atoms with van der Waals surface area (Å²) in [5.41, 5.74) is 3.16. The van der Waals surface area contributed by atoms with Gasteiger partial charge < -0.3 is 19.5 Å². The van der Waals surface area contributed by atoms with Crippen molar-refractivity contribution >= 4 is 41.2 Å². The molecule has 154 valence electrons. The van der Waals surface area contributed by atoms with E-state index in [9.17, 15) is 9.59 Å². The van der Waals surface area contributed by atoms with Crippen molar-refractivity contribution < 1.29 is 23.8 Å². The molecule has 0 heterocycles. The lowest BCUT2D eigenvalue weighted by molar-refractivity contribution is -0.120. The molecule has 8 nitrogen and oxygen atoms in total. The van der Waals surface area contributed by atoms with E-state index in [4.69, 9.17) is 37.4 Å². The third kappa shape index (κ3) is 5.75. The molecule has 0 aliphatic carbocycles. The summed E-state index contributed by atoms with van der Waals surface area (Å²) < 4.78 is 15.8. The molecule has 0 bridgehead atoms. The van der Waals surface area contributed by atoms with Gasteiger partial charge in [-0.2, -0.15) is 5.10 Å². The average Bonchev–Trinajstić information content (AvgIpc) is 2.73. The van der Waals surface area contributed by atoms with Gasteiger partial charge in [0.1, 0.15) is 0 Å². The first kappa shape index (κ1) is 22.3. The molecule has 10 heteroatoms. The van der Waals surface area contributed by atoms with E-state index in [0.717, 1.165) is 0 Å². The van der Waals surface area contributed by atoms with E-state index in [1.165, 1.54) is 45.7 Å². The van der Waals surface area contributed by atoms with E-state index in [1.54, 1.807) is 12.1 Å². The summed E-state index contributed by atoms with van der Waals surface area (Å²) in [7, 11) is 4.48. The molecule has 0 aliphatic rings. The third-order valence-electron chi connectivity index (χ3n) is 3.72. The predicted molar refractivity (Wildman–Crippen MR) is 111 cm³/mol. The monoisotopic (exact) mass is 439 g/mol. The highest BCUT2D eigenvalue weighted by molar-refractivity contribution is 6.42. The number of nitrogens with one attached hydrogen (secondary N) is 2. The van der Waals surface area contributed by atoms with Crippen LogP contribution < -0.4 is 25.0 Å². The first-order valence-electron chi connectivity index (χ1n) is 8.25. The number of ether oxygens (including phenoxy) is 3. The lowest BCUT2D eigenvalue weighted by atomic mass is 10.2. The molecule has 0 aliphatic heterocycles. The second kappa shape index (κ2) is 10.5. The molecule has 0 atom stereocenters. The van der Waals surface area contributed by atoms with Gasteiger partial charge in [0, 0.05) is 11.1 Å². The quantitative estimate of drug-likeness (QED) is 0.486. The number of hydrogen-bond donors (Lipinski definition) is 2. The van der Waals surface area contributed by atoms with Crippen LogP contribution in [0.15, 0.2) is 35.4 Å². The maximum Gasteiger partial charge on any atom is 0.259 e. The second-order valence-corrected chi connectivity index (χ2v) is 6.34. The predicted octanol–water partition coefficient (Wildman–Crippen LogP) is 2.90. The van der Waals surface area contributed by atoms with Crippen molar-refractivity contribution in [2.45, 2.75) is 0 Å². The summed E-state index contributed by atoms with van der Waals surface area (Å²) in [6.45, 7) is -0.278. The largest absolute Gasteiger partial charge is 0.493 e. The van der Waals surface area contributed by atoms with Crippen molar-refractivity contribution in [3.05, 3.63) is 51.5 Å². The van der Waals surface area contributed by atoms with Crippen LogP contribution in [0.1, 0.15) is 15.9 Å². The highest BCUT2D eigenvalue weighted by Crippen LogP contribution is 2.38. The van der Waals surface area contributed by atoms with Gasteiger partial charge in [-0.3, -0.25) is 9.59 Å². The van der Waals surface area contributed by atoms with E-state index in [-0.39, 0.29) is 17.1 Å². The van der Waals surface area contributed by atoms with E-state index in [2.05, 4.69) is 15.8 Å². The highest BCUT2D eigenvalue weighted by Gasteiger charge is 2.15. The Hall–Kier alpha value is -2.97. The van der Waals surface area contributed by atoms with Gasteiger partial charge in [-0.05, 0) is 30.3 Å². The molecule has 0 fully saturated rings. The Bertz CT molecular complexity index is 934. The molecule has 29 heavy (non-hydrogen) atoms. The van der Waals surface area contributed by atoms with Crippen molar-refractivity contribution in [3.63, 3.8) is 0 Å². The Kier molecular flexibility index (Phi) is 8.11. The maximum atomic E-state index is 12.0. The maximum absolute atomic E-state index is 12.0. The number of carbonyl (C=O) groups is 2. The van der Waals surface area contributed by atoms with Gasteiger partial charge >= 0.3 is 0 Å². The van der Waals surface area contributed by atoms with Gasteiger partial charge in [0.05, 0.1) is 44.1 Å². The summed E-state index contributed by atoms with van der Waals surface area (Å²) in [5.74, 6) is 0.311. The molecular weight excluding hydrogens is 421 g/mol. The fourth-order valence-corrected chi connectivity index (χ4v) is 2.64. The van der Waals surface area contributed by atoms with Crippen molar-refractivity contribution in [3.8, 4) is 17.2 Å². The summed E-state index contributed by atoms with van der Waals surface area (Å²) in [6, 6.07) is 7.80. The summed E-state index contributed by atoms with van der Waals surface area (Å²) >= 11 is 11.7. The lowest BCUT2D eigenvalue weighted by Gasteiger charge is -2.13. The van der Waals surface area contributed by atoms with E-state index < -0.39 is 11.8 Å². The molecule has 2 amide bonds. The van der Waals surface area contributed by atoms with Crippen molar-refractivity contribution in [2.24, 2.45) is 5.10 Å². The van der Waals surface area contributed by atoms with E-state index >= 15 is 0 Å². The minimum Gasteiger partial charge on any atom is -0.493 e. The molecule has 2 aromatic rings. The molecular formula is C19H19Cl2N3O5. The van der Waals surface area contributed by atoms with Crippen LogP contribution in [0.25, 0.3) is 0 Å². The van der Waals surface area contributed by atoms with Crippen molar-refractivity contribution in [1.82, 2.24) is 10.7 Å². The number of amides is 2. The fourth-order valence-electron chi connectivity index (χ4n) is 2.34. The molecule has 0 spiro atoms. The number of methoxy groups -OCH3 is 3. The summed E-state index contributed by atoms with van der Waals surface area (Å²) in [6.07, 6.45) is 1.39. The van der Waals surface area contributed by atoms with Crippen LogP contribution in [0.4, 0.5) is 0 Å². The number of halogens is 2. The van der Waals surface area contributed by atoms with Gasteiger partial charge in [0.15, 0.2) is 11.5 Å². The minimum atomic E-state index is -0.519. The first-order valence-corrected chi connectivity index (χ1v) is 9.01. The second-order valence-electron chi connectivity index (χ2n) is 5.53. The number of nitrogens with zero attached hydrogens (tertiary/aromatic N) is 1. The van der Waals surface area contributed by atoms with Crippen LogP contribution in [-0.2, 0) is 4.79 Å². The Morgan fingerprint density at radius 2 is 1.72 bits per heavy atom. The zero-order valence-corrected chi connectivity index (χ0v) is 17.4. The molecule has 0 unspecified atom stereocenters. The van der Waals surface area contributed by atoms with Gasteiger partial charge in [0.2, 0.25) is 5.75 Å². The molecule has 2 aromatic carbocycles. The van der Waals surface area contributed by atoms with Gasteiger partial charge in [0.25, 0.3) is 11.8 Å². The minimum absolute atomic E-state index is 0.247. The first-order chi connectivity index (χ1) is 13.9. The highest BCUT2D eigenvalue weighted by atomic mass is 35.5. The molecule has 0 aromatic heterocycles. The Morgan fingerprint density at radius 1 is 1.00 bits per heavy atom. The number of carbonyl (C=O) groups excluding carboxylic acids is 2. The van der Waals surface area contributed by atoms with Crippen LogP contribution in [0.5, 0.6) is 17.2 Å². The topological polar surface area (TPSA) is 98.2 Å². The Balaban J connectivity index is 1.96. The number of hydrogen-bond acceptors (Lipinski definition) is 6. The van der Waals surface area contributed by atoms with Crippen LogP contribution >= 0.6 is 23.2 Å². The van der Waals surface area contributed by atoms with Gasteiger partial charge in [-0.25, -0.2) is 5.43 Å². The fraction of sp³-hybridized carbons (Fsp3) is 0.211. The summed E-state index contributed by atoms with van der Waals surface area (Å²) in [5, 5.41) is 6.91. The molecule has 2 rings (SSSR count). The normalized spacial score (nSPS) is 10.5. The third-order valence-corrected chi connectivity index (χ3v) is 4.46. The standard InChI is InChI=1S/C19H19Cl2N3O5/c1-27-15-7-5-12(17(28-2)18(15)29-3)9-23-24-16(25)10-22-19(26)11-4-6-13(20)14(21)8-11/h4-9H,10H2,1-3H3,(H,22,26)(H,24,25). The van der Waals surface area contributed by atoms with E-state index in [1.807, 2.05) is 0 Å². The smallest absolute Gasteiger partial charge is 0.259 e. The van der Waals surface area contributed by atoms with Gasteiger partial charge in [-0.15, -0.1) is 0 Å². The lowest BCUT2D eigenvalue weighted by Crippen LogP contribution is -2.34. The van der Waals surface area contributed by atoms with Crippen LogP contribution in [-0.4, -0.2) is 45.9 Å². The van der Waals surface area contributed by atoms with Crippen molar-refractivity contribution in [1.29, 1.82) is 0 Å². The molecule has 0 saturated carbocycles. The molecule has 2 N–H and O–H groups in total.